The average molecular weight is 277 g/mol. The van der Waals surface area contributed by atoms with E-state index < -0.39 is 0 Å². The normalized spacial score (nSPS) is 19.6. The van der Waals surface area contributed by atoms with E-state index in [2.05, 4.69) is 4.90 Å². The number of anilines is 1. The summed E-state index contributed by atoms with van der Waals surface area (Å²) in [6, 6.07) is 3.81. The average Bonchev–Trinajstić information content (AvgIpc) is 2.43. The molecule has 0 bridgehead atoms. The number of fused-ring (bicyclic) bond motifs is 1. The number of nitrogens with two attached hydrogens (primary N) is 1. The molecule has 0 saturated carbocycles. The second-order valence-electron chi connectivity index (χ2n) is 5.30. The molecule has 0 atom stereocenters. The molecule has 0 unspecified atom stereocenters. The van der Waals surface area contributed by atoms with Crippen LogP contribution < -0.4 is 10.5 Å². The van der Waals surface area contributed by atoms with E-state index in [1.165, 1.54) is 0 Å². The summed E-state index contributed by atoms with van der Waals surface area (Å²) in [5, 5.41) is 0. The van der Waals surface area contributed by atoms with E-state index in [1.807, 2.05) is 19.2 Å². The summed E-state index contributed by atoms with van der Waals surface area (Å²) in [6.07, 6.45) is 0. The zero-order chi connectivity index (χ0) is 14.1. The second-order valence-corrected chi connectivity index (χ2v) is 5.30. The number of hydrogen-bond donors (Lipinski definition) is 1. The van der Waals surface area contributed by atoms with Crippen molar-refractivity contribution in [2.24, 2.45) is 0 Å². The molecule has 0 aliphatic carbocycles. The summed E-state index contributed by atoms with van der Waals surface area (Å²) in [4.78, 5) is 15.6. The van der Waals surface area contributed by atoms with Gasteiger partial charge in [-0.2, -0.15) is 0 Å². The minimum absolute atomic E-state index is 0.151. The van der Waals surface area contributed by atoms with Gasteiger partial charge in [0.05, 0.1) is 13.2 Å². The molecule has 3 rings (SSSR count). The number of rotatable bonds is 2. The monoisotopic (exact) mass is 277 g/mol. The van der Waals surface area contributed by atoms with Crippen molar-refractivity contribution >= 4 is 11.6 Å². The molecule has 108 valence electrons. The van der Waals surface area contributed by atoms with Gasteiger partial charge in [0, 0.05) is 43.5 Å². The van der Waals surface area contributed by atoms with Crippen LogP contribution in [0.1, 0.15) is 11.1 Å². The lowest BCUT2D eigenvalue weighted by Gasteiger charge is -2.32. The van der Waals surface area contributed by atoms with Crippen molar-refractivity contribution < 1.29 is 14.3 Å². The summed E-state index contributed by atoms with van der Waals surface area (Å²) in [5.74, 6) is 1.01. The maximum Gasteiger partial charge on any atom is 0.236 e. The van der Waals surface area contributed by atoms with Crippen LogP contribution in [-0.4, -0.2) is 49.2 Å². The highest BCUT2D eigenvalue weighted by Crippen LogP contribution is 2.31. The Morgan fingerprint density at radius 2 is 2.20 bits per heavy atom. The summed E-state index contributed by atoms with van der Waals surface area (Å²) >= 11 is 0. The molecule has 1 amide bonds. The molecule has 2 aliphatic rings. The molecule has 1 fully saturated rings. The highest BCUT2D eigenvalue weighted by atomic mass is 16.7. The van der Waals surface area contributed by atoms with Gasteiger partial charge in [0.2, 0.25) is 5.91 Å². The number of carbonyl (C=O) groups is 1. The van der Waals surface area contributed by atoms with Crippen molar-refractivity contribution in [1.82, 2.24) is 9.80 Å². The molecule has 1 saturated heterocycles. The number of likely N-dealkylation sites (N-methyl/N-ethyl adjacent to an activating group) is 1. The van der Waals surface area contributed by atoms with E-state index in [0.717, 1.165) is 30.0 Å². The maximum absolute atomic E-state index is 11.8. The van der Waals surface area contributed by atoms with Gasteiger partial charge in [-0.25, -0.2) is 0 Å². The lowest BCUT2D eigenvalue weighted by Crippen LogP contribution is -2.48. The first-order chi connectivity index (χ1) is 9.63. The first-order valence-electron chi connectivity index (χ1n) is 6.71. The summed E-state index contributed by atoms with van der Waals surface area (Å²) in [5.41, 5.74) is 8.64. The molecule has 2 N–H and O–H groups in total. The maximum atomic E-state index is 11.8. The fourth-order valence-corrected chi connectivity index (χ4v) is 2.63. The van der Waals surface area contributed by atoms with E-state index in [4.69, 9.17) is 15.2 Å². The molecule has 0 spiro atoms. The van der Waals surface area contributed by atoms with Crippen molar-refractivity contribution in [3.05, 3.63) is 23.3 Å². The quantitative estimate of drug-likeness (QED) is 0.793. The number of amides is 1. The van der Waals surface area contributed by atoms with Gasteiger partial charge in [-0.05, 0) is 12.1 Å². The Morgan fingerprint density at radius 3 is 3.00 bits per heavy atom. The highest BCUT2D eigenvalue weighted by molar-refractivity contribution is 5.78. The molecule has 1 aromatic carbocycles. The molecule has 0 radical (unpaired) electrons. The van der Waals surface area contributed by atoms with Gasteiger partial charge in [-0.15, -0.1) is 0 Å². The summed E-state index contributed by atoms with van der Waals surface area (Å²) in [6.45, 7) is 3.53. The molecule has 6 nitrogen and oxygen atoms in total. The lowest BCUT2D eigenvalue weighted by molar-refractivity contribution is -0.134. The molecule has 6 heteroatoms. The van der Waals surface area contributed by atoms with Crippen LogP contribution >= 0.6 is 0 Å². The van der Waals surface area contributed by atoms with E-state index in [-0.39, 0.29) is 12.7 Å². The first kappa shape index (κ1) is 13.2. The summed E-state index contributed by atoms with van der Waals surface area (Å²) < 4.78 is 10.9. The minimum Gasteiger partial charge on any atom is -0.467 e. The number of nitrogens with zero attached hydrogens (tertiary/aromatic N) is 2. The van der Waals surface area contributed by atoms with Crippen molar-refractivity contribution in [3.8, 4) is 5.75 Å². The van der Waals surface area contributed by atoms with E-state index in [1.54, 1.807) is 4.90 Å². The Hall–Kier alpha value is -1.79. The fraction of sp³-hybridized carbons (Fsp3) is 0.500. The van der Waals surface area contributed by atoms with Gasteiger partial charge >= 0.3 is 0 Å². The third-order valence-corrected chi connectivity index (χ3v) is 3.74. The van der Waals surface area contributed by atoms with Crippen LogP contribution in [0.2, 0.25) is 0 Å². The van der Waals surface area contributed by atoms with Crippen LogP contribution in [0.3, 0.4) is 0 Å². The van der Waals surface area contributed by atoms with Crippen LogP contribution in [0.5, 0.6) is 5.75 Å². The minimum atomic E-state index is 0.151. The van der Waals surface area contributed by atoms with Crippen LogP contribution in [0, 0.1) is 0 Å². The van der Waals surface area contributed by atoms with Gasteiger partial charge in [0.25, 0.3) is 0 Å². The Balaban J connectivity index is 1.80. The highest BCUT2D eigenvalue weighted by Gasteiger charge is 2.23. The van der Waals surface area contributed by atoms with E-state index >= 15 is 0 Å². The van der Waals surface area contributed by atoms with Gasteiger partial charge in [-0.1, -0.05) is 0 Å². The molecule has 1 aromatic rings. The molecular weight excluding hydrogens is 258 g/mol. The van der Waals surface area contributed by atoms with Crippen molar-refractivity contribution in [1.29, 1.82) is 0 Å². The largest absolute Gasteiger partial charge is 0.467 e. The number of hydrogen-bond acceptors (Lipinski definition) is 5. The van der Waals surface area contributed by atoms with Crippen molar-refractivity contribution in [3.63, 3.8) is 0 Å². The van der Waals surface area contributed by atoms with Gasteiger partial charge in [0.1, 0.15) is 5.75 Å². The predicted molar refractivity (Wildman–Crippen MR) is 74.1 cm³/mol. The van der Waals surface area contributed by atoms with Crippen molar-refractivity contribution in [2.45, 2.75) is 13.2 Å². The predicted octanol–water partition coefficient (Wildman–Crippen LogP) is 0.409. The number of carbonyl (C=O) groups excluding carboxylic acids is 1. The van der Waals surface area contributed by atoms with E-state index in [9.17, 15) is 4.79 Å². The zero-order valence-electron chi connectivity index (χ0n) is 11.6. The van der Waals surface area contributed by atoms with Crippen LogP contribution in [0.15, 0.2) is 12.1 Å². The number of benzene rings is 1. The first-order valence-corrected chi connectivity index (χ1v) is 6.71. The van der Waals surface area contributed by atoms with Crippen molar-refractivity contribution in [2.75, 3.05) is 39.2 Å². The lowest BCUT2D eigenvalue weighted by atomic mass is 10.1. The Morgan fingerprint density at radius 1 is 1.35 bits per heavy atom. The second kappa shape index (κ2) is 5.30. The SMILES string of the molecule is CN1CCN(Cc2cc(N)cc3c2OCOC3)CC1=O. The van der Waals surface area contributed by atoms with Crippen LogP contribution in [0.4, 0.5) is 5.69 Å². The van der Waals surface area contributed by atoms with E-state index in [0.29, 0.717) is 25.4 Å². The van der Waals surface area contributed by atoms with Gasteiger partial charge in [-0.3, -0.25) is 9.69 Å². The molecule has 2 aliphatic heterocycles. The summed E-state index contributed by atoms with van der Waals surface area (Å²) in [7, 11) is 1.84. The third kappa shape index (κ3) is 2.57. The smallest absolute Gasteiger partial charge is 0.236 e. The van der Waals surface area contributed by atoms with Crippen LogP contribution in [0.25, 0.3) is 0 Å². The Bertz CT molecular complexity index is 533. The van der Waals surface area contributed by atoms with Gasteiger partial charge in [0.15, 0.2) is 6.79 Å². The third-order valence-electron chi connectivity index (χ3n) is 3.74. The zero-order valence-corrected chi connectivity index (χ0v) is 11.6. The van der Waals surface area contributed by atoms with Gasteiger partial charge < -0.3 is 20.1 Å². The molecule has 0 aromatic heterocycles. The number of ether oxygens (including phenoxy) is 2. The molecule has 20 heavy (non-hydrogen) atoms. The number of nitrogen functional groups attached to an aromatic ring is 1. The number of piperazine rings is 1. The Labute approximate surface area is 118 Å². The standard InChI is InChI=1S/C14H19N3O3/c1-16-2-3-17(7-13(16)18)6-10-4-12(15)5-11-8-19-9-20-14(10)11/h4-5H,2-3,6-9,15H2,1H3. The molecular formula is C14H19N3O3. The molecule has 2 heterocycles. The topological polar surface area (TPSA) is 68.0 Å². The fourth-order valence-electron chi connectivity index (χ4n) is 2.63. The Kier molecular flexibility index (Phi) is 3.50. The van der Waals surface area contributed by atoms with Crippen LogP contribution in [-0.2, 0) is 22.7 Å².